The van der Waals surface area contributed by atoms with E-state index in [9.17, 15) is 9.70 Å². The van der Waals surface area contributed by atoms with Crippen LogP contribution in [-0.2, 0) is 0 Å². The lowest BCUT2D eigenvalue weighted by atomic mass is 10.0. The predicted octanol–water partition coefficient (Wildman–Crippen LogP) is 2.06. The first-order chi connectivity index (χ1) is 7.24. The second-order valence-corrected chi connectivity index (χ2v) is 3.90. The van der Waals surface area contributed by atoms with Crippen molar-refractivity contribution in [3.05, 3.63) is 34.7 Å². The fourth-order valence-electron chi connectivity index (χ4n) is 1.68. The second-order valence-electron chi connectivity index (χ2n) is 3.41. The zero-order valence-electron chi connectivity index (χ0n) is 7.96. The summed E-state index contributed by atoms with van der Waals surface area (Å²) in [6, 6.07) is 6.34. The summed E-state index contributed by atoms with van der Waals surface area (Å²) in [5.41, 5.74) is 1.27. The van der Waals surface area contributed by atoms with Gasteiger partial charge in [-0.15, -0.1) is 0 Å². The lowest BCUT2D eigenvalue weighted by molar-refractivity contribution is 0.0962. The van der Waals surface area contributed by atoms with Gasteiger partial charge in [-0.3, -0.25) is 4.79 Å². The summed E-state index contributed by atoms with van der Waals surface area (Å²) in [7, 11) is 0. The van der Waals surface area contributed by atoms with Gasteiger partial charge in [-0.1, -0.05) is 30.1 Å². The van der Waals surface area contributed by atoms with E-state index in [-0.39, 0.29) is 5.78 Å². The Bertz CT molecular complexity index is 408. The third-order valence-corrected chi connectivity index (χ3v) is 2.91. The van der Waals surface area contributed by atoms with Crippen molar-refractivity contribution in [1.82, 2.24) is 0 Å². The first-order valence-corrected chi connectivity index (χ1v) is 5.06. The van der Waals surface area contributed by atoms with Crippen molar-refractivity contribution in [2.24, 2.45) is 5.18 Å². The number of rotatable bonds is 1. The Balaban J connectivity index is 2.50. The number of para-hydroxylation sites is 1. The van der Waals surface area contributed by atoms with E-state index in [1.165, 1.54) is 0 Å². The van der Waals surface area contributed by atoms with Crippen LogP contribution in [-0.4, -0.2) is 18.4 Å². The molecule has 1 aliphatic rings. The Morgan fingerprint density at radius 1 is 1.40 bits per heavy atom. The van der Waals surface area contributed by atoms with E-state index in [1.807, 2.05) is 12.1 Å². The normalized spacial score (nSPS) is 20.7. The number of hydrogen-bond donors (Lipinski definition) is 1. The summed E-state index contributed by atoms with van der Waals surface area (Å²) < 4.78 is 1.68. The largest absolute Gasteiger partial charge is 0.318 e. The van der Waals surface area contributed by atoms with E-state index in [4.69, 9.17) is 0 Å². The van der Waals surface area contributed by atoms with Gasteiger partial charge in [-0.2, -0.15) is 4.91 Å². The topological polar surface area (TPSA) is 49.7 Å². The van der Waals surface area contributed by atoms with Gasteiger partial charge < -0.3 is 4.31 Å². The van der Waals surface area contributed by atoms with E-state index in [1.54, 1.807) is 16.4 Å². The van der Waals surface area contributed by atoms with Crippen molar-refractivity contribution in [1.29, 1.82) is 0 Å². The van der Waals surface area contributed by atoms with Gasteiger partial charge in [-0.05, 0) is 18.6 Å². The third-order valence-electron chi connectivity index (χ3n) is 2.49. The molecule has 0 aromatic heterocycles. The lowest BCUT2D eigenvalue weighted by Crippen LogP contribution is -2.18. The minimum atomic E-state index is -0.775. The summed E-state index contributed by atoms with van der Waals surface area (Å²) in [6.45, 7) is 0.544. The maximum Gasteiger partial charge on any atom is 0.193 e. The number of ketones is 1. The summed E-state index contributed by atoms with van der Waals surface area (Å²) >= 11 is 4.27. The number of Topliss-reactive ketones (excluding diaryl/α,β-unsaturated/α-hetero) is 1. The van der Waals surface area contributed by atoms with Gasteiger partial charge in [0, 0.05) is 12.1 Å². The highest BCUT2D eigenvalue weighted by atomic mass is 32.1. The van der Waals surface area contributed by atoms with Crippen molar-refractivity contribution >= 4 is 24.3 Å². The van der Waals surface area contributed by atoms with Crippen molar-refractivity contribution in [3.63, 3.8) is 0 Å². The molecular weight excluding hydrogens is 212 g/mol. The van der Waals surface area contributed by atoms with Gasteiger partial charge >= 0.3 is 0 Å². The van der Waals surface area contributed by atoms with Crippen LogP contribution in [0.3, 0.4) is 0 Å². The second kappa shape index (κ2) is 4.02. The Labute approximate surface area is 92.8 Å². The summed E-state index contributed by atoms with van der Waals surface area (Å²) in [6.07, 6.45) is 0.417. The van der Waals surface area contributed by atoms with Crippen LogP contribution < -0.4 is 4.31 Å². The number of nitroso groups, excluding NO2 is 1. The van der Waals surface area contributed by atoms with Gasteiger partial charge in [0.15, 0.2) is 11.8 Å². The number of carbonyl (C=O) groups excluding carboxylic acids is 1. The fourth-order valence-corrected chi connectivity index (χ4v) is 1.97. The highest BCUT2D eigenvalue weighted by molar-refractivity contribution is 7.81. The Kier molecular flexibility index (Phi) is 2.73. The van der Waals surface area contributed by atoms with Crippen LogP contribution in [0.15, 0.2) is 29.4 Å². The van der Waals surface area contributed by atoms with Crippen molar-refractivity contribution in [2.45, 2.75) is 12.5 Å². The van der Waals surface area contributed by atoms with E-state index >= 15 is 0 Å². The smallest absolute Gasteiger partial charge is 0.193 e. The van der Waals surface area contributed by atoms with Crippen LogP contribution >= 0.6 is 12.8 Å². The maximum atomic E-state index is 11.9. The standard InChI is InChI=1S/C10H10N2O2S/c13-10-7-3-1-2-4-9(7)12(15)6-5-8(10)11-14/h1-4,8,15H,5-6H2. The molecule has 0 fully saturated rings. The molecule has 1 atom stereocenters. The number of carbonyl (C=O) groups is 1. The number of thiol groups is 1. The Morgan fingerprint density at radius 2 is 2.13 bits per heavy atom. The lowest BCUT2D eigenvalue weighted by Gasteiger charge is -2.15. The summed E-state index contributed by atoms with van der Waals surface area (Å²) in [5, 5.41) is 2.86. The number of benzene rings is 1. The van der Waals surface area contributed by atoms with Gasteiger partial charge in [0.1, 0.15) is 0 Å². The zero-order valence-corrected chi connectivity index (χ0v) is 8.85. The summed E-state index contributed by atoms with van der Waals surface area (Å²) in [4.78, 5) is 22.4. The number of anilines is 1. The molecule has 0 amide bonds. The van der Waals surface area contributed by atoms with Gasteiger partial charge in [0.25, 0.3) is 0 Å². The molecule has 1 unspecified atom stereocenters. The molecule has 0 saturated carbocycles. The van der Waals surface area contributed by atoms with E-state index in [0.717, 1.165) is 5.69 Å². The molecule has 78 valence electrons. The van der Waals surface area contributed by atoms with E-state index in [0.29, 0.717) is 18.5 Å². The average molecular weight is 222 g/mol. The molecule has 1 aromatic rings. The van der Waals surface area contributed by atoms with E-state index in [2.05, 4.69) is 18.0 Å². The molecule has 15 heavy (non-hydrogen) atoms. The molecule has 2 rings (SSSR count). The number of hydrogen-bond acceptors (Lipinski definition) is 5. The SMILES string of the molecule is O=NC1CCN(S)c2ccccc2C1=O. The van der Waals surface area contributed by atoms with Crippen LogP contribution in [0, 0.1) is 4.91 Å². The van der Waals surface area contributed by atoms with Gasteiger partial charge in [-0.25, -0.2) is 0 Å². The number of fused-ring (bicyclic) bond motifs is 1. The zero-order chi connectivity index (χ0) is 10.8. The highest BCUT2D eigenvalue weighted by Crippen LogP contribution is 2.28. The first kappa shape index (κ1) is 10.2. The molecule has 4 nitrogen and oxygen atoms in total. The maximum absolute atomic E-state index is 11.9. The molecular formula is C10H10N2O2S. The average Bonchev–Trinajstić information content (AvgIpc) is 2.39. The first-order valence-electron chi connectivity index (χ1n) is 4.66. The Hall–Kier alpha value is -1.36. The molecule has 0 radical (unpaired) electrons. The van der Waals surface area contributed by atoms with Crippen LogP contribution in [0.1, 0.15) is 16.8 Å². The molecule has 0 N–H and O–H groups in total. The van der Waals surface area contributed by atoms with Crippen molar-refractivity contribution in [3.8, 4) is 0 Å². The highest BCUT2D eigenvalue weighted by Gasteiger charge is 2.28. The molecule has 0 saturated heterocycles. The Morgan fingerprint density at radius 3 is 2.87 bits per heavy atom. The van der Waals surface area contributed by atoms with Crippen LogP contribution in [0.2, 0.25) is 0 Å². The minimum absolute atomic E-state index is 0.211. The molecule has 5 heteroatoms. The molecule has 0 bridgehead atoms. The van der Waals surface area contributed by atoms with Crippen LogP contribution in [0.4, 0.5) is 5.69 Å². The molecule has 1 aromatic carbocycles. The fraction of sp³-hybridized carbons (Fsp3) is 0.300. The van der Waals surface area contributed by atoms with Gasteiger partial charge in [0.2, 0.25) is 0 Å². The molecule has 1 aliphatic heterocycles. The summed E-state index contributed by atoms with van der Waals surface area (Å²) in [5.74, 6) is -0.211. The quantitative estimate of drug-likeness (QED) is 0.584. The van der Waals surface area contributed by atoms with Crippen LogP contribution in [0.5, 0.6) is 0 Å². The van der Waals surface area contributed by atoms with Crippen molar-refractivity contribution < 1.29 is 4.79 Å². The predicted molar refractivity (Wildman–Crippen MR) is 61.3 cm³/mol. The molecule has 0 aliphatic carbocycles. The minimum Gasteiger partial charge on any atom is -0.318 e. The monoisotopic (exact) mass is 222 g/mol. The third kappa shape index (κ3) is 1.74. The molecule has 1 heterocycles. The van der Waals surface area contributed by atoms with Crippen molar-refractivity contribution in [2.75, 3.05) is 10.8 Å². The van der Waals surface area contributed by atoms with Crippen LogP contribution in [0.25, 0.3) is 0 Å². The molecule has 0 spiro atoms. The van der Waals surface area contributed by atoms with E-state index < -0.39 is 6.04 Å². The van der Waals surface area contributed by atoms with Gasteiger partial charge in [0.05, 0.1) is 5.69 Å². The number of nitrogens with zero attached hydrogens (tertiary/aromatic N) is 2.